The predicted octanol–water partition coefficient (Wildman–Crippen LogP) is 3.85. The van der Waals surface area contributed by atoms with Crippen LogP contribution in [0.4, 0.5) is 0 Å². The standard InChI is InChI=1S/C16H23BrN2/c1-12-6-7-14(10-15(12)17)16(11-18)19-9-8-13-4-2-3-5-13/h4,6-7,10,16,19H,2-3,5,8-9,11,18H2,1H3. The zero-order valence-corrected chi connectivity index (χ0v) is 13.2. The Hall–Kier alpha value is -0.640. The zero-order valence-electron chi connectivity index (χ0n) is 11.6. The average Bonchev–Trinajstić information content (AvgIpc) is 2.91. The number of hydrogen-bond acceptors (Lipinski definition) is 2. The Labute approximate surface area is 124 Å². The molecule has 1 unspecified atom stereocenters. The first-order valence-corrected chi connectivity index (χ1v) is 7.87. The molecule has 0 saturated carbocycles. The summed E-state index contributed by atoms with van der Waals surface area (Å²) in [7, 11) is 0. The minimum atomic E-state index is 0.249. The van der Waals surface area contributed by atoms with Crippen molar-refractivity contribution in [1.29, 1.82) is 0 Å². The third-order valence-corrected chi connectivity index (χ3v) is 4.66. The second-order valence-corrected chi connectivity index (χ2v) is 6.11. The molecule has 0 amide bonds. The largest absolute Gasteiger partial charge is 0.329 e. The molecule has 0 aliphatic heterocycles. The van der Waals surface area contributed by atoms with Gasteiger partial charge < -0.3 is 11.1 Å². The SMILES string of the molecule is Cc1ccc(C(CN)NCCC2=CCCC2)cc1Br. The zero-order chi connectivity index (χ0) is 13.7. The van der Waals surface area contributed by atoms with E-state index in [9.17, 15) is 0 Å². The van der Waals surface area contributed by atoms with Crippen molar-refractivity contribution >= 4 is 15.9 Å². The molecule has 0 spiro atoms. The van der Waals surface area contributed by atoms with Crippen molar-refractivity contribution < 1.29 is 0 Å². The molecule has 1 atom stereocenters. The van der Waals surface area contributed by atoms with E-state index in [4.69, 9.17) is 5.73 Å². The van der Waals surface area contributed by atoms with Crippen LogP contribution in [0.15, 0.2) is 34.3 Å². The van der Waals surface area contributed by atoms with E-state index in [0.29, 0.717) is 6.54 Å². The average molecular weight is 323 g/mol. The summed E-state index contributed by atoms with van der Waals surface area (Å²) in [5.74, 6) is 0. The summed E-state index contributed by atoms with van der Waals surface area (Å²) in [6.07, 6.45) is 7.43. The van der Waals surface area contributed by atoms with Crippen LogP contribution in [-0.2, 0) is 0 Å². The van der Waals surface area contributed by atoms with Crippen LogP contribution in [-0.4, -0.2) is 13.1 Å². The van der Waals surface area contributed by atoms with Gasteiger partial charge in [0.1, 0.15) is 0 Å². The molecule has 1 aromatic rings. The van der Waals surface area contributed by atoms with E-state index < -0.39 is 0 Å². The summed E-state index contributed by atoms with van der Waals surface area (Å²) in [5.41, 5.74) is 10.0. The number of nitrogens with one attached hydrogen (secondary N) is 1. The number of hydrogen-bond donors (Lipinski definition) is 2. The number of benzene rings is 1. The monoisotopic (exact) mass is 322 g/mol. The first-order valence-electron chi connectivity index (χ1n) is 7.08. The van der Waals surface area contributed by atoms with Gasteiger partial charge in [-0.25, -0.2) is 0 Å². The van der Waals surface area contributed by atoms with Crippen molar-refractivity contribution in [1.82, 2.24) is 5.32 Å². The molecular weight excluding hydrogens is 300 g/mol. The number of halogens is 1. The van der Waals surface area contributed by atoms with Crippen molar-refractivity contribution in [2.45, 2.75) is 38.6 Å². The number of allylic oxidation sites excluding steroid dienone is 1. The molecule has 0 aromatic heterocycles. The molecule has 2 nitrogen and oxygen atoms in total. The van der Waals surface area contributed by atoms with E-state index in [1.807, 2.05) is 0 Å². The molecular formula is C16H23BrN2. The van der Waals surface area contributed by atoms with E-state index in [1.54, 1.807) is 5.57 Å². The molecule has 1 aliphatic carbocycles. The summed E-state index contributed by atoms with van der Waals surface area (Å²) in [5, 5.41) is 3.57. The first kappa shape index (κ1) is 14.8. The lowest BCUT2D eigenvalue weighted by atomic mass is 10.0. The number of nitrogens with two attached hydrogens (primary N) is 1. The lowest BCUT2D eigenvalue weighted by Crippen LogP contribution is -2.29. The van der Waals surface area contributed by atoms with Gasteiger partial charge in [-0.05, 0) is 56.3 Å². The number of rotatable bonds is 6. The lowest BCUT2D eigenvalue weighted by Gasteiger charge is -2.18. The van der Waals surface area contributed by atoms with E-state index in [1.165, 1.54) is 30.4 Å². The molecule has 0 bridgehead atoms. The van der Waals surface area contributed by atoms with E-state index >= 15 is 0 Å². The Kier molecular flexibility index (Phi) is 5.61. The van der Waals surface area contributed by atoms with E-state index in [2.05, 4.69) is 52.4 Å². The summed E-state index contributed by atoms with van der Waals surface area (Å²) in [6.45, 7) is 3.75. The molecule has 1 aliphatic rings. The molecule has 3 heteroatoms. The van der Waals surface area contributed by atoms with Crippen LogP contribution in [0.3, 0.4) is 0 Å². The van der Waals surface area contributed by atoms with Gasteiger partial charge in [-0.1, -0.05) is 39.7 Å². The maximum absolute atomic E-state index is 5.89. The fraction of sp³-hybridized carbons (Fsp3) is 0.500. The summed E-state index contributed by atoms with van der Waals surface area (Å²) < 4.78 is 1.16. The summed E-state index contributed by atoms with van der Waals surface area (Å²) >= 11 is 3.59. The maximum Gasteiger partial charge on any atom is 0.0445 e. The van der Waals surface area contributed by atoms with Crippen LogP contribution in [0.5, 0.6) is 0 Å². The second-order valence-electron chi connectivity index (χ2n) is 5.26. The highest BCUT2D eigenvalue weighted by atomic mass is 79.9. The van der Waals surface area contributed by atoms with E-state index in [-0.39, 0.29) is 6.04 Å². The number of aryl methyl sites for hydroxylation is 1. The van der Waals surface area contributed by atoms with Crippen molar-refractivity contribution in [3.8, 4) is 0 Å². The molecule has 0 saturated heterocycles. The maximum atomic E-state index is 5.89. The van der Waals surface area contributed by atoms with Crippen LogP contribution >= 0.6 is 15.9 Å². The van der Waals surface area contributed by atoms with Gasteiger partial charge in [0.25, 0.3) is 0 Å². The quantitative estimate of drug-likeness (QED) is 0.781. The Morgan fingerprint density at radius 1 is 1.42 bits per heavy atom. The van der Waals surface area contributed by atoms with Crippen molar-refractivity contribution in [2.75, 3.05) is 13.1 Å². The van der Waals surface area contributed by atoms with Crippen LogP contribution in [0.1, 0.15) is 42.9 Å². The van der Waals surface area contributed by atoms with Gasteiger partial charge >= 0.3 is 0 Å². The van der Waals surface area contributed by atoms with Crippen LogP contribution < -0.4 is 11.1 Å². The third kappa shape index (κ3) is 4.16. The van der Waals surface area contributed by atoms with Crippen LogP contribution in [0.25, 0.3) is 0 Å². The van der Waals surface area contributed by atoms with Crippen LogP contribution in [0, 0.1) is 6.92 Å². The van der Waals surface area contributed by atoms with Crippen LogP contribution in [0.2, 0.25) is 0 Å². The highest BCUT2D eigenvalue weighted by molar-refractivity contribution is 9.10. The Morgan fingerprint density at radius 3 is 2.89 bits per heavy atom. The third-order valence-electron chi connectivity index (χ3n) is 3.81. The first-order chi connectivity index (χ1) is 9.20. The highest BCUT2D eigenvalue weighted by Gasteiger charge is 2.11. The van der Waals surface area contributed by atoms with Gasteiger partial charge in [-0.15, -0.1) is 0 Å². The molecule has 104 valence electrons. The highest BCUT2D eigenvalue weighted by Crippen LogP contribution is 2.23. The molecule has 0 heterocycles. The normalized spacial score (nSPS) is 16.5. The molecule has 19 heavy (non-hydrogen) atoms. The lowest BCUT2D eigenvalue weighted by molar-refractivity contribution is 0.542. The molecule has 0 fully saturated rings. The predicted molar refractivity (Wildman–Crippen MR) is 85.2 cm³/mol. The molecule has 3 N–H and O–H groups in total. The minimum Gasteiger partial charge on any atom is -0.329 e. The Balaban J connectivity index is 1.89. The molecule has 1 aromatic carbocycles. The topological polar surface area (TPSA) is 38.0 Å². The van der Waals surface area contributed by atoms with Gasteiger partial charge in [0.15, 0.2) is 0 Å². The molecule has 0 radical (unpaired) electrons. The van der Waals surface area contributed by atoms with Gasteiger partial charge in [-0.2, -0.15) is 0 Å². The van der Waals surface area contributed by atoms with Crippen molar-refractivity contribution in [2.24, 2.45) is 5.73 Å². The van der Waals surface area contributed by atoms with E-state index in [0.717, 1.165) is 17.4 Å². The van der Waals surface area contributed by atoms with Gasteiger partial charge in [-0.3, -0.25) is 0 Å². The summed E-state index contributed by atoms with van der Waals surface area (Å²) in [6, 6.07) is 6.73. The Morgan fingerprint density at radius 2 is 2.26 bits per heavy atom. The fourth-order valence-corrected chi connectivity index (χ4v) is 2.93. The summed E-state index contributed by atoms with van der Waals surface area (Å²) in [4.78, 5) is 0. The van der Waals surface area contributed by atoms with Gasteiger partial charge in [0.2, 0.25) is 0 Å². The smallest absolute Gasteiger partial charge is 0.0445 e. The second kappa shape index (κ2) is 7.22. The van der Waals surface area contributed by atoms with Crippen molar-refractivity contribution in [3.05, 3.63) is 45.4 Å². The van der Waals surface area contributed by atoms with Crippen molar-refractivity contribution in [3.63, 3.8) is 0 Å². The Bertz CT molecular complexity index is 454. The molecule has 2 rings (SSSR count). The minimum absolute atomic E-state index is 0.249. The van der Waals surface area contributed by atoms with Gasteiger partial charge in [0, 0.05) is 17.1 Å². The fourth-order valence-electron chi connectivity index (χ4n) is 2.53. The van der Waals surface area contributed by atoms with Gasteiger partial charge in [0.05, 0.1) is 0 Å².